The number of ether oxygens (including phenoxy) is 1. The number of nitrogens with one attached hydrogen (secondary N) is 1. The van der Waals surface area contributed by atoms with E-state index >= 15 is 0 Å². The molecule has 0 saturated heterocycles. The topological polar surface area (TPSA) is 55.4 Å². The standard InChI is InChI=1S/C16H17NO3S/c1-4-9-17-15(18)11(3)20-16(19)14-10(2)12-7-5-6-8-13(12)21-14/h4-8,11H,1,9H2,2-3H3,(H,17,18)/t11-/m1/s1. The van der Waals surface area contributed by atoms with E-state index in [4.69, 9.17) is 4.74 Å². The Bertz CT molecular complexity index is 690. The lowest BCUT2D eigenvalue weighted by molar-refractivity contribution is -0.128. The minimum absolute atomic E-state index is 0.331. The monoisotopic (exact) mass is 303 g/mol. The summed E-state index contributed by atoms with van der Waals surface area (Å²) in [6.07, 6.45) is 0.741. The molecule has 1 N–H and O–H groups in total. The van der Waals surface area contributed by atoms with Crippen molar-refractivity contribution in [1.82, 2.24) is 5.32 Å². The summed E-state index contributed by atoms with van der Waals surface area (Å²) in [5.74, 6) is -0.794. The van der Waals surface area contributed by atoms with Crippen LogP contribution in [0.4, 0.5) is 0 Å². The van der Waals surface area contributed by atoms with Crippen molar-refractivity contribution in [1.29, 1.82) is 0 Å². The van der Waals surface area contributed by atoms with Gasteiger partial charge in [-0.1, -0.05) is 24.3 Å². The summed E-state index contributed by atoms with van der Waals surface area (Å²) < 4.78 is 6.26. The predicted molar refractivity (Wildman–Crippen MR) is 84.6 cm³/mol. The predicted octanol–water partition coefficient (Wildman–Crippen LogP) is 3.06. The van der Waals surface area contributed by atoms with Crippen molar-refractivity contribution in [2.24, 2.45) is 0 Å². The molecule has 0 saturated carbocycles. The molecule has 0 spiro atoms. The first-order valence-corrected chi connectivity index (χ1v) is 7.44. The number of thiophene rings is 1. The van der Waals surface area contributed by atoms with Gasteiger partial charge < -0.3 is 10.1 Å². The normalized spacial score (nSPS) is 11.9. The van der Waals surface area contributed by atoms with E-state index in [2.05, 4.69) is 11.9 Å². The highest BCUT2D eigenvalue weighted by molar-refractivity contribution is 7.21. The smallest absolute Gasteiger partial charge is 0.349 e. The van der Waals surface area contributed by atoms with Crippen LogP contribution in [0.1, 0.15) is 22.2 Å². The van der Waals surface area contributed by atoms with Crippen LogP contribution < -0.4 is 5.32 Å². The molecule has 2 rings (SSSR count). The summed E-state index contributed by atoms with van der Waals surface area (Å²) >= 11 is 1.38. The van der Waals surface area contributed by atoms with E-state index in [0.29, 0.717) is 11.4 Å². The SMILES string of the molecule is C=CCNC(=O)[C@@H](C)OC(=O)c1sc2ccccc2c1C. The number of carbonyl (C=O) groups excluding carboxylic acids is 2. The second-order valence-electron chi connectivity index (χ2n) is 4.63. The molecule has 0 aliphatic rings. The van der Waals surface area contributed by atoms with E-state index in [1.54, 1.807) is 13.0 Å². The number of fused-ring (bicyclic) bond motifs is 1. The fraction of sp³-hybridized carbons (Fsp3) is 0.250. The van der Waals surface area contributed by atoms with Crippen LogP contribution in [-0.2, 0) is 9.53 Å². The fourth-order valence-corrected chi connectivity index (χ4v) is 3.05. The van der Waals surface area contributed by atoms with Crippen molar-refractivity contribution in [3.8, 4) is 0 Å². The van der Waals surface area contributed by atoms with E-state index < -0.39 is 12.1 Å². The zero-order valence-corrected chi connectivity index (χ0v) is 12.8. The van der Waals surface area contributed by atoms with Crippen molar-refractivity contribution in [2.45, 2.75) is 20.0 Å². The Morgan fingerprint density at radius 2 is 2.14 bits per heavy atom. The van der Waals surface area contributed by atoms with E-state index in [1.807, 2.05) is 31.2 Å². The lowest BCUT2D eigenvalue weighted by Crippen LogP contribution is -2.35. The maximum atomic E-state index is 12.2. The Labute approximate surface area is 127 Å². The van der Waals surface area contributed by atoms with Gasteiger partial charge in [0.05, 0.1) is 0 Å². The third-order valence-corrected chi connectivity index (χ3v) is 4.36. The molecule has 0 fully saturated rings. The van der Waals surface area contributed by atoms with Gasteiger partial charge in [0, 0.05) is 11.2 Å². The molecule has 2 aromatic rings. The van der Waals surface area contributed by atoms with Crippen LogP contribution in [0.3, 0.4) is 0 Å². The van der Waals surface area contributed by atoms with Gasteiger partial charge in [-0.05, 0) is 30.9 Å². The van der Waals surface area contributed by atoms with Crippen LogP contribution in [-0.4, -0.2) is 24.5 Å². The molecule has 1 heterocycles. The number of benzene rings is 1. The van der Waals surface area contributed by atoms with Gasteiger partial charge >= 0.3 is 5.97 Å². The number of carbonyl (C=O) groups is 2. The van der Waals surface area contributed by atoms with Gasteiger partial charge in [0.15, 0.2) is 6.10 Å². The molecule has 1 aromatic heterocycles. The summed E-state index contributed by atoms with van der Waals surface area (Å²) in [4.78, 5) is 24.4. The lowest BCUT2D eigenvalue weighted by Gasteiger charge is -2.12. The number of rotatable bonds is 5. The molecular formula is C16H17NO3S. The van der Waals surface area contributed by atoms with Gasteiger partial charge in [0.2, 0.25) is 0 Å². The Kier molecular flexibility index (Phi) is 4.75. The highest BCUT2D eigenvalue weighted by Gasteiger charge is 2.22. The van der Waals surface area contributed by atoms with Crippen molar-refractivity contribution < 1.29 is 14.3 Å². The van der Waals surface area contributed by atoms with Crippen LogP contribution in [0.5, 0.6) is 0 Å². The molecule has 0 aliphatic heterocycles. The number of aryl methyl sites for hydroxylation is 1. The summed E-state index contributed by atoms with van der Waals surface area (Å²) in [7, 11) is 0. The quantitative estimate of drug-likeness (QED) is 0.682. The summed E-state index contributed by atoms with van der Waals surface area (Å²) in [5, 5.41) is 3.64. The first-order valence-electron chi connectivity index (χ1n) is 6.62. The summed E-state index contributed by atoms with van der Waals surface area (Å²) in [6.45, 7) is 7.31. The fourth-order valence-electron chi connectivity index (χ4n) is 1.95. The zero-order valence-electron chi connectivity index (χ0n) is 12.0. The Balaban J connectivity index is 2.13. The third-order valence-electron chi connectivity index (χ3n) is 3.10. The molecule has 21 heavy (non-hydrogen) atoms. The lowest BCUT2D eigenvalue weighted by atomic mass is 10.1. The molecule has 4 nitrogen and oxygen atoms in total. The second kappa shape index (κ2) is 6.54. The van der Waals surface area contributed by atoms with Crippen LogP contribution in [0.2, 0.25) is 0 Å². The highest BCUT2D eigenvalue weighted by atomic mass is 32.1. The van der Waals surface area contributed by atoms with E-state index in [9.17, 15) is 9.59 Å². The van der Waals surface area contributed by atoms with Crippen LogP contribution in [0.15, 0.2) is 36.9 Å². The average Bonchev–Trinajstić information content (AvgIpc) is 2.82. The van der Waals surface area contributed by atoms with Gasteiger partial charge in [-0.2, -0.15) is 0 Å². The number of hydrogen-bond acceptors (Lipinski definition) is 4. The number of hydrogen-bond donors (Lipinski definition) is 1. The minimum Gasteiger partial charge on any atom is -0.448 e. The van der Waals surface area contributed by atoms with E-state index in [0.717, 1.165) is 15.6 Å². The van der Waals surface area contributed by atoms with Crippen molar-refractivity contribution in [2.75, 3.05) is 6.54 Å². The van der Waals surface area contributed by atoms with Gasteiger partial charge in [-0.15, -0.1) is 17.9 Å². The largest absolute Gasteiger partial charge is 0.448 e. The minimum atomic E-state index is -0.831. The summed E-state index contributed by atoms with van der Waals surface area (Å²) in [5.41, 5.74) is 0.888. The number of esters is 1. The first kappa shape index (κ1) is 15.3. The molecule has 0 bridgehead atoms. The Morgan fingerprint density at radius 1 is 1.43 bits per heavy atom. The number of amides is 1. The first-order chi connectivity index (χ1) is 10.0. The maximum absolute atomic E-state index is 12.2. The molecule has 110 valence electrons. The average molecular weight is 303 g/mol. The molecule has 0 unspecified atom stereocenters. The van der Waals surface area contributed by atoms with Crippen molar-refractivity contribution >= 4 is 33.3 Å². The third kappa shape index (κ3) is 3.31. The molecule has 5 heteroatoms. The molecule has 1 amide bonds. The molecular weight excluding hydrogens is 286 g/mol. The van der Waals surface area contributed by atoms with Gasteiger partial charge in [-0.25, -0.2) is 4.79 Å². The van der Waals surface area contributed by atoms with Crippen LogP contribution in [0.25, 0.3) is 10.1 Å². The second-order valence-corrected chi connectivity index (χ2v) is 5.69. The van der Waals surface area contributed by atoms with Crippen LogP contribution in [0, 0.1) is 6.92 Å². The van der Waals surface area contributed by atoms with Gasteiger partial charge in [-0.3, -0.25) is 4.79 Å². The highest BCUT2D eigenvalue weighted by Crippen LogP contribution is 2.31. The Morgan fingerprint density at radius 3 is 2.81 bits per heavy atom. The van der Waals surface area contributed by atoms with Crippen molar-refractivity contribution in [3.05, 3.63) is 47.4 Å². The maximum Gasteiger partial charge on any atom is 0.349 e. The Hall–Kier alpha value is -2.14. The molecule has 0 aliphatic carbocycles. The van der Waals surface area contributed by atoms with Crippen LogP contribution >= 0.6 is 11.3 Å². The van der Waals surface area contributed by atoms with Gasteiger partial charge in [0.1, 0.15) is 4.88 Å². The summed E-state index contributed by atoms with van der Waals surface area (Å²) in [6, 6.07) is 7.80. The molecule has 0 radical (unpaired) electrons. The van der Waals surface area contributed by atoms with Gasteiger partial charge in [0.25, 0.3) is 5.91 Å². The van der Waals surface area contributed by atoms with E-state index in [1.165, 1.54) is 11.3 Å². The molecule has 1 aromatic carbocycles. The molecule has 1 atom stereocenters. The zero-order chi connectivity index (χ0) is 15.4. The van der Waals surface area contributed by atoms with E-state index in [-0.39, 0.29) is 5.91 Å². The van der Waals surface area contributed by atoms with Crippen molar-refractivity contribution in [3.63, 3.8) is 0 Å².